The molecule has 0 N–H and O–H groups in total. The molecule has 0 saturated carbocycles. The monoisotopic (exact) mass is 989 g/mol. The summed E-state index contributed by atoms with van der Waals surface area (Å²) in [5, 5.41) is 0. The lowest BCUT2D eigenvalue weighted by atomic mass is 9.12. The lowest BCUT2D eigenvalue weighted by molar-refractivity contribution is -0.683. The van der Waals surface area contributed by atoms with Crippen LogP contribution in [0.2, 0.25) is 0 Å². The van der Waals surface area contributed by atoms with Crippen LogP contribution in [-0.4, -0.2) is 24.3 Å². The van der Waals surface area contributed by atoms with E-state index in [4.69, 9.17) is 0 Å². The molecule has 0 bridgehead atoms. The number of Topliss-reactive ketones (excluding diaryl/α,β-unsaturated/α-hetero) is 1. The van der Waals surface area contributed by atoms with Crippen molar-refractivity contribution in [2.45, 2.75) is 12.9 Å². The van der Waals surface area contributed by atoms with Crippen molar-refractivity contribution in [1.29, 1.82) is 0 Å². The van der Waals surface area contributed by atoms with Gasteiger partial charge in [-0.25, -0.2) is 92.6 Å². The lowest BCUT2D eigenvalue weighted by Crippen LogP contribution is -2.81. The number of esters is 1. The van der Waals surface area contributed by atoms with Crippen LogP contribution in [0.5, 0.6) is 0 Å². The van der Waals surface area contributed by atoms with Gasteiger partial charge in [0.15, 0.2) is 82.2 Å². The highest BCUT2D eigenvalue weighted by molar-refractivity contribution is 7.20. The molecule has 0 unspecified atom stereocenters. The first-order chi connectivity index (χ1) is 31.1. The number of ether oxygens (including phenoxy) is 1. The topological polar surface area (TPSA) is 47.2 Å². The van der Waals surface area contributed by atoms with Gasteiger partial charge in [0.2, 0.25) is 12.3 Å². The Morgan fingerprint density at radius 1 is 0.388 bits per heavy atom. The van der Waals surface area contributed by atoms with Gasteiger partial charge in [-0.1, -0.05) is 30.3 Å². The standard InChI is InChI=1S/C24BF20.C15H11F3NO3/c26-5-1(6(27)14(35)21(42)13(5)34)25(2-7(28)15(36)22(43)16(37)8(2)29,3-9(30)17(38)23(44)18(39)10(3)31)4-11(32)19(40)24(45)20(41)12(4)33;16-15(17,18)22-14(21)12-6-8-19(9-7-12)10-13(20)11-4-2-1-3-5-11/h;1-9H,10H2/q-1;+1. The Labute approximate surface area is 355 Å². The van der Waals surface area contributed by atoms with Gasteiger partial charge in [-0.3, -0.25) is 4.79 Å². The number of benzene rings is 5. The fourth-order valence-corrected chi connectivity index (χ4v) is 6.62. The Morgan fingerprint density at radius 3 is 0.896 bits per heavy atom. The van der Waals surface area contributed by atoms with Crippen LogP contribution in [0.4, 0.5) is 101 Å². The second-order valence-electron chi connectivity index (χ2n) is 13.2. The third kappa shape index (κ3) is 8.70. The van der Waals surface area contributed by atoms with Gasteiger partial charge in [0, 0.05) is 17.7 Å². The number of halogens is 23. The molecule has 67 heavy (non-hydrogen) atoms. The first-order valence-corrected chi connectivity index (χ1v) is 17.2. The Morgan fingerprint density at radius 2 is 0.642 bits per heavy atom. The molecule has 1 aromatic heterocycles. The van der Waals surface area contributed by atoms with Crippen molar-refractivity contribution in [3.05, 3.63) is 182 Å². The number of aromatic nitrogens is 1. The number of hydrogen-bond acceptors (Lipinski definition) is 3. The van der Waals surface area contributed by atoms with Crippen molar-refractivity contribution < 1.29 is 120 Å². The molecule has 0 saturated heterocycles. The molecular formula is C39H11BF23NO3. The van der Waals surface area contributed by atoms with E-state index in [1.807, 2.05) is 0 Å². The Kier molecular flexibility index (Phi) is 14.1. The maximum Gasteiger partial charge on any atom is 0.575 e. The molecule has 0 aliphatic rings. The smallest absolute Gasteiger partial charge is 0.369 e. The normalized spacial score (nSPS) is 11.7. The zero-order chi connectivity index (χ0) is 50.5. The van der Waals surface area contributed by atoms with Crippen molar-refractivity contribution in [3.63, 3.8) is 0 Å². The second-order valence-corrected chi connectivity index (χ2v) is 13.2. The molecule has 4 nitrogen and oxygen atoms in total. The second kappa shape index (κ2) is 18.6. The van der Waals surface area contributed by atoms with Crippen LogP contribution in [0.25, 0.3) is 0 Å². The van der Waals surface area contributed by atoms with Crippen LogP contribution in [0, 0.1) is 116 Å². The summed E-state index contributed by atoms with van der Waals surface area (Å²) in [4.78, 5) is 23.2. The van der Waals surface area contributed by atoms with Crippen molar-refractivity contribution in [2.75, 3.05) is 0 Å². The third-order valence-corrected chi connectivity index (χ3v) is 9.46. The molecule has 28 heteroatoms. The summed E-state index contributed by atoms with van der Waals surface area (Å²) in [5.41, 5.74) is -14.1. The minimum atomic E-state index is -7.22. The average molecular weight is 989 g/mol. The zero-order valence-corrected chi connectivity index (χ0v) is 31.3. The zero-order valence-electron chi connectivity index (χ0n) is 31.3. The first kappa shape index (κ1) is 50.8. The van der Waals surface area contributed by atoms with E-state index < -0.39 is 157 Å². The molecule has 354 valence electrons. The van der Waals surface area contributed by atoms with Crippen LogP contribution in [0.1, 0.15) is 20.7 Å². The summed E-state index contributed by atoms with van der Waals surface area (Å²) in [6.07, 6.45) is -9.56. The highest BCUT2D eigenvalue weighted by Crippen LogP contribution is 2.31. The molecule has 1 heterocycles. The first-order valence-electron chi connectivity index (χ1n) is 17.2. The van der Waals surface area contributed by atoms with Crippen LogP contribution in [0.15, 0.2) is 54.9 Å². The maximum atomic E-state index is 15.4. The summed E-state index contributed by atoms with van der Waals surface area (Å²) < 4.78 is 335. The van der Waals surface area contributed by atoms with Crippen LogP contribution >= 0.6 is 0 Å². The van der Waals surface area contributed by atoms with E-state index in [1.54, 1.807) is 30.3 Å². The van der Waals surface area contributed by atoms with Gasteiger partial charge in [-0.05, 0) is 0 Å². The molecule has 0 atom stereocenters. The Bertz CT molecular complexity index is 2600. The van der Waals surface area contributed by atoms with Crippen LogP contribution < -0.4 is 26.4 Å². The molecule has 6 aromatic rings. The van der Waals surface area contributed by atoms with Gasteiger partial charge >= 0.3 is 12.3 Å². The quantitative estimate of drug-likeness (QED) is 0.0293. The number of rotatable bonds is 8. The molecule has 6 rings (SSSR count). The molecule has 5 aromatic carbocycles. The van der Waals surface area contributed by atoms with Gasteiger partial charge in [-0.15, -0.1) is 35.0 Å². The van der Waals surface area contributed by atoms with E-state index in [1.165, 1.54) is 17.0 Å². The van der Waals surface area contributed by atoms with Gasteiger partial charge in [-0.2, -0.15) is 4.57 Å². The number of nitrogens with zero attached hydrogens (tertiary/aromatic N) is 1. The maximum absolute atomic E-state index is 15.4. The summed E-state index contributed by atoms with van der Waals surface area (Å²) in [5.74, 6) is -73.1. The molecule has 0 spiro atoms. The number of hydrogen-bond donors (Lipinski definition) is 0. The highest BCUT2D eigenvalue weighted by Gasteiger charge is 2.52. The minimum absolute atomic E-state index is 0.0125. The van der Waals surface area contributed by atoms with Crippen molar-refractivity contribution in [3.8, 4) is 0 Å². The summed E-state index contributed by atoms with van der Waals surface area (Å²) >= 11 is 0. The third-order valence-electron chi connectivity index (χ3n) is 9.46. The predicted octanol–water partition coefficient (Wildman–Crippen LogP) is 8.38. The number of ketones is 1. The fraction of sp³-hybridized carbons (Fsp3) is 0.0513. The molecule has 0 aliphatic heterocycles. The Balaban J connectivity index is 0.000000319. The molecule has 0 fully saturated rings. The Hall–Kier alpha value is -7.16. The summed E-state index contributed by atoms with van der Waals surface area (Å²) in [6, 6.07) is 10.9. The van der Waals surface area contributed by atoms with Crippen molar-refractivity contribution in [1.82, 2.24) is 0 Å². The minimum Gasteiger partial charge on any atom is -0.369 e. The average Bonchev–Trinajstić information content (AvgIpc) is 3.29. The van der Waals surface area contributed by atoms with Gasteiger partial charge in [0.25, 0.3) is 0 Å². The van der Waals surface area contributed by atoms with E-state index in [2.05, 4.69) is 4.74 Å². The number of carbonyl (C=O) groups excluding carboxylic acids is 2. The van der Waals surface area contributed by atoms with Crippen molar-refractivity contribution in [2.24, 2.45) is 0 Å². The largest absolute Gasteiger partial charge is 0.575 e. The molecule has 0 radical (unpaired) electrons. The number of carbonyl (C=O) groups is 2. The number of alkyl halides is 3. The van der Waals surface area contributed by atoms with E-state index in [-0.39, 0.29) is 17.9 Å². The lowest BCUT2D eigenvalue weighted by Gasteiger charge is -2.44. The van der Waals surface area contributed by atoms with E-state index >= 15 is 35.1 Å². The van der Waals surface area contributed by atoms with Crippen molar-refractivity contribution >= 4 is 39.7 Å². The molecule has 0 amide bonds. The van der Waals surface area contributed by atoms with E-state index in [9.17, 15) is 75.4 Å². The molecular weight excluding hydrogens is 978 g/mol. The van der Waals surface area contributed by atoms with Gasteiger partial charge in [0.1, 0.15) is 52.7 Å². The van der Waals surface area contributed by atoms with Gasteiger partial charge < -0.3 is 4.74 Å². The van der Waals surface area contributed by atoms with Gasteiger partial charge in [0.05, 0.1) is 5.56 Å². The highest BCUT2D eigenvalue weighted by atomic mass is 19.4. The van der Waals surface area contributed by atoms with Crippen LogP contribution in [0.3, 0.4) is 0 Å². The fourth-order valence-electron chi connectivity index (χ4n) is 6.62. The molecule has 0 aliphatic carbocycles. The van der Waals surface area contributed by atoms with Crippen LogP contribution in [-0.2, 0) is 11.3 Å². The SMILES string of the molecule is Fc1c(F)c(F)c([B-](c2c(F)c(F)c(F)c(F)c2F)(c2c(F)c(F)c(F)c(F)c2F)c2c(F)c(F)c(F)c(F)c2F)c(F)c1F.O=C(C[n+]1ccc(C(=O)OC(F)(F)F)cc1)c1ccccc1. The van der Waals surface area contributed by atoms with E-state index in [0.29, 0.717) is 5.56 Å². The summed E-state index contributed by atoms with van der Waals surface area (Å²) in [6.45, 7) is 0.0125. The predicted molar refractivity (Wildman–Crippen MR) is 178 cm³/mol. The summed E-state index contributed by atoms with van der Waals surface area (Å²) in [7, 11) is 0. The van der Waals surface area contributed by atoms with E-state index in [0.717, 1.165) is 12.1 Å². The number of pyridine rings is 1.